The van der Waals surface area contributed by atoms with Crippen LogP contribution in [0.2, 0.25) is 5.02 Å². The molecule has 0 aliphatic heterocycles. The summed E-state index contributed by atoms with van der Waals surface area (Å²) in [5.74, 6) is 1.19. The lowest BCUT2D eigenvalue weighted by molar-refractivity contribution is 0.715. The van der Waals surface area contributed by atoms with Gasteiger partial charge in [0.1, 0.15) is 0 Å². The Kier molecular flexibility index (Phi) is 4.05. The monoisotopic (exact) mass is 372 g/mol. The molecular formula is C17H17ClN6S. The van der Waals surface area contributed by atoms with Gasteiger partial charge in [0.15, 0.2) is 10.8 Å². The fourth-order valence-corrected chi connectivity index (χ4v) is 3.66. The molecular weight excluding hydrogens is 356 g/mol. The smallest absolute Gasteiger partial charge is 0.235 e. The molecule has 3 aromatic heterocycles. The van der Waals surface area contributed by atoms with Crippen molar-refractivity contribution in [3.8, 4) is 10.7 Å². The maximum absolute atomic E-state index is 5.95. The average Bonchev–Trinajstić information content (AvgIpc) is 3.24. The first-order valence-electron chi connectivity index (χ1n) is 8.01. The van der Waals surface area contributed by atoms with Gasteiger partial charge in [-0.1, -0.05) is 48.9 Å². The van der Waals surface area contributed by atoms with Crippen LogP contribution in [0.5, 0.6) is 0 Å². The lowest BCUT2D eigenvalue weighted by Crippen LogP contribution is -1.99. The summed E-state index contributed by atoms with van der Waals surface area (Å²) in [6, 6.07) is 9.84. The zero-order chi connectivity index (χ0) is 17.6. The van der Waals surface area contributed by atoms with Gasteiger partial charge in [-0.3, -0.25) is 4.68 Å². The molecule has 0 atom stereocenters. The second-order valence-electron chi connectivity index (χ2n) is 6.25. The van der Waals surface area contributed by atoms with Crippen LogP contribution in [0, 0.1) is 0 Å². The molecule has 0 saturated carbocycles. The van der Waals surface area contributed by atoms with Crippen LogP contribution < -0.4 is 0 Å². The van der Waals surface area contributed by atoms with E-state index in [9.17, 15) is 0 Å². The van der Waals surface area contributed by atoms with Crippen LogP contribution in [0.3, 0.4) is 0 Å². The van der Waals surface area contributed by atoms with Crippen LogP contribution in [0.4, 0.5) is 0 Å². The highest BCUT2D eigenvalue weighted by Gasteiger charge is 2.17. The Morgan fingerprint density at radius 2 is 1.88 bits per heavy atom. The summed E-state index contributed by atoms with van der Waals surface area (Å²) < 4.78 is 3.69. The summed E-state index contributed by atoms with van der Waals surface area (Å²) in [6.07, 6.45) is 0.657. The van der Waals surface area contributed by atoms with Crippen molar-refractivity contribution in [3.05, 3.63) is 52.4 Å². The summed E-state index contributed by atoms with van der Waals surface area (Å²) in [5.41, 5.74) is 3.18. The Balaban J connectivity index is 1.69. The fourth-order valence-electron chi connectivity index (χ4n) is 2.63. The van der Waals surface area contributed by atoms with Gasteiger partial charge in [0, 0.05) is 18.5 Å². The Labute approximate surface area is 154 Å². The topological polar surface area (TPSA) is 60.9 Å². The molecule has 0 radical (unpaired) electrons. The largest absolute Gasteiger partial charge is 0.265 e. The zero-order valence-electron chi connectivity index (χ0n) is 14.1. The van der Waals surface area contributed by atoms with Crippen LogP contribution in [0.15, 0.2) is 30.3 Å². The van der Waals surface area contributed by atoms with Crippen molar-refractivity contribution in [1.82, 2.24) is 29.6 Å². The maximum atomic E-state index is 5.95. The van der Waals surface area contributed by atoms with Crippen LogP contribution in [-0.4, -0.2) is 29.6 Å². The average molecular weight is 373 g/mol. The maximum Gasteiger partial charge on any atom is 0.235 e. The molecule has 8 heteroatoms. The molecule has 3 heterocycles. The molecule has 0 fully saturated rings. The van der Waals surface area contributed by atoms with E-state index in [0.717, 1.165) is 37.8 Å². The molecule has 0 unspecified atom stereocenters. The van der Waals surface area contributed by atoms with Gasteiger partial charge in [-0.15, -0.1) is 10.2 Å². The van der Waals surface area contributed by atoms with Gasteiger partial charge in [0.05, 0.1) is 11.4 Å². The highest BCUT2D eigenvalue weighted by atomic mass is 35.5. The molecule has 0 aliphatic rings. The van der Waals surface area contributed by atoms with Gasteiger partial charge < -0.3 is 0 Å². The van der Waals surface area contributed by atoms with Crippen molar-refractivity contribution in [2.24, 2.45) is 7.05 Å². The quantitative estimate of drug-likeness (QED) is 0.544. The fraction of sp³-hybridized carbons (Fsp3) is 0.294. The van der Waals surface area contributed by atoms with Crippen LogP contribution >= 0.6 is 22.9 Å². The van der Waals surface area contributed by atoms with Crippen molar-refractivity contribution < 1.29 is 0 Å². The van der Waals surface area contributed by atoms with E-state index < -0.39 is 0 Å². The number of benzene rings is 1. The normalized spacial score (nSPS) is 11.7. The van der Waals surface area contributed by atoms with Crippen LogP contribution in [-0.2, 0) is 13.5 Å². The van der Waals surface area contributed by atoms with Crippen molar-refractivity contribution in [2.75, 3.05) is 0 Å². The van der Waals surface area contributed by atoms with Crippen LogP contribution in [0.1, 0.15) is 36.8 Å². The molecule has 128 valence electrons. The van der Waals surface area contributed by atoms with E-state index in [0.29, 0.717) is 12.3 Å². The van der Waals surface area contributed by atoms with Crippen molar-refractivity contribution in [2.45, 2.75) is 26.2 Å². The van der Waals surface area contributed by atoms with E-state index in [1.807, 2.05) is 40.5 Å². The number of aromatic nitrogens is 6. The predicted octanol–water partition coefficient (Wildman–Crippen LogP) is 3.95. The number of rotatable bonds is 4. The number of hydrogen-bond acceptors (Lipinski definition) is 5. The van der Waals surface area contributed by atoms with E-state index in [1.165, 1.54) is 11.3 Å². The van der Waals surface area contributed by atoms with E-state index in [-0.39, 0.29) is 0 Å². The molecule has 4 rings (SSSR count). The Morgan fingerprint density at radius 3 is 2.56 bits per heavy atom. The summed E-state index contributed by atoms with van der Waals surface area (Å²) in [6.45, 7) is 4.27. The minimum Gasteiger partial charge on any atom is -0.265 e. The number of fused-ring (bicyclic) bond motifs is 1. The summed E-state index contributed by atoms with van der Waals surface area (Å²) >= 11 is 7.47. The molecule has 0 amide bonds. The van der Waals surface area contributed by atoms with E-state index in [1.54, 1.807) is 0 Å². The number of aryl methyl sites for hydroxylation is 1. The van der Waals surface area contributed by atoms with Gasteiger partial charge in [0.25, 0.3) is 0 Å². The first-order chi connectivity index (χ1) is 12.0. The molecule has 6 nitrogen and oxygen atoms in total. The summed E-state index contributed by atoms with van der Waals surface area (Å²) in [4.78, 5) is 0.784. The third kappa shape index (κ3) is 3.05. The van der Waals surface area contributed by atoms with E-state index in [4.69, 9.17) is 16.7 Å². The first-order valence-corrected chi connectivity index (χ1v) is 9.20. The number of hydrogen-bond donors (Lipinski definition) is 0. The third-order valence-electron chi connectivity index (χ3n) is 4.04. The number of halogens is 1. The van der Waals surface area contributed by atoms with Gasteiger partial charge >= 0.3 is 0 Å². The van der Waals surface area contributed by atoms with Gasteiger partial charge in [0.2, 0.25) is 4.96 Å². The van der Waals surface area contributed by atoms with Crippen molar-refractivity contribution in [3.63, 3.8) is 0 Å². The molecule has 0 N–H and O–H groups in total. The predicted molar refractivity (Wildman–Crippen MR) is 99.2 cm³/mol. The van der Waals surface area contributed by atoms with Gasteiger partial charge in [-0.2, -0.15) is 14.7 Å². The second kappa shape index (κ2) is 6.24. The molecule has 0 saturated heterocycles. The second-order valence-corrected chi connectivity index (χ2v) is 7.65. The number of nitrogens with zero attached hydrogens (tertiary/aromatic N) is 6. The molecule has 0 spiro atoms. The summed E-state index contributed by atoms with van der Waals surface area (Å²) in [5, 5.41) is 19.4. The standard InChI is InChI=1S/C17H17ClN6S/c1-10(2)13-9-14(23(3)21-13)16-22-24-15(19-20-17(24)25-16)8-11-4-6-12(18)7-5-11/h4-7,9-10H,8H2,1-3H3. The first kappa shape index (κ1) is 16.2. The minimum absolute atomic E-state index is 0.381. The SMILES string of the molecule is CC(C)c1cc(-c2nn3c(Cc4ccc(Cl)cc4)nnc3s2)n(C)n1. The lowest BCUT2D eigenvalue weighted by Gasteiger charge is -1.99. The van der Waals surface area contributed by atoms with Gasteiger partial charge in [-0.25, -0.2) is 0 Å². The molecule has 0 aliphatic carbocycles. The summed E-state index contributed by atoms with van der Waals surface area (Å²) in [7, 11) is 1.94. The molecule has 0 bridgehead atoms. The zero-order valence-corrected chi connectivity index (χ0v) is 15.7. The molecule has 25 heavy (non-hydrogen) atoms. The Bertz CT molecular complexity index is 1030. The van der Waals surface area contributed by atoms with Crippen molar-refractivity contribution >= 4 is 27.9 Å². The van der Waals surface area contributed by atoms with Crippen LogP contribution in [0.25, 0.3) is 15.7 Å². The lowest BCUT2D eigenvalue weighted by atomic mass is 10.1. The van der Waals surface area contributed by atoms with E-state index in [2.05, 4.69) is 35.2 Å². The third-order valence-corrected chi connectivity index (χ3v) is 5.21. The Hall–Kier alpha value is -2.25. The Morgan fingerprint density at radius 1 is 1.12 bits per heavy atom. The minimum atomic E-state index is 0.381. The highest BCUT2D eigenvalue weighted by molar-refractivity contribution is 7.19. The highest BCUT2D eigenvalue weighted by Crippen LogP contribution is 2.28. The molecule has 1 aromatic carbocycles. The van der Waals surface area contributed by atoms with Gasteiger partial charge in [-0.05, 0) is 29.7 Å². The van der Waals surface area contributed by atoms with E-state index >= 15 is 0 Å². The van der Waals surface area contributed by atoms with Crippen molar-refractivity contribution in [1.29, 1.82) is 0 Å². The molecule has 4 aromatic rings.